The molecule has 1 rings (SSSR count). The van der Waals surface area contributed by atoms with Crippen molar-refractivity contribution < 1.29 is 9.53 Å². The number of nitrogens with one attached hydrogen (secondary N) is 1. The highest BCUT2D eigenvalue weighted by atomic mass is 16.5. The maximum atomic E-state index is 11.2. The topological polar surface area (TPSA) is 56.2 Å². The van der Waals surface area contributed by atoms with Gasteiger partial charge in [0, 0.05) is 25.7 Å². The number of unbranched alkanes of at least 4 members (excludes halogenated alkanes) is 2. The van der Waals surface area contributed by atoms with Crippen LogP contribution in [0.2, 0.25) is 0 Å². The summed E-state index contributed by atoms with van der Waals surface area (Å²) >= 11 is 0. The fraction of sp³-hybridized carbons (Fsp3) is 0.733. The average molecular weight is 281 g/mol. The van der Waals surface area contributed by atoms with E-state index < -0.39 is 0 Å². The summed E-state index contributed by atoms with van der Waals surface area (Å²) < 4.78 is 7.01. The van der Waals surface area contributed by atoms with E-state index in [2.05, 4.69) is 28.0 Å². The van der Waals surface area contributed by atoms with Crippen LogP contribution in [-0.4, -0.2) is 28.7 Å². The molecule has 0 radical (unpaired) electrons. The molecule has 0 spiro atoms. The molecule has 1 heterocycles. The Morgan fingerprint density at radius 2 is 2.20 bits per heavy atom. The summed E-state index contributed by atoms with van der Waals surface area (Å²) in [4.78, 5) is 15.5. The van der Waals surface area contributed by atoms with E-state index in [0.717, 1.165) is 51.0 Å². The summed E-state index contributed by atoms with van der Waals surface area (Å²) in [6.07, 6.45) is 8.66. The van der Waals surface area contributed by atoms with Crippen LogP contribution < -0.4 is 5.32 Å². The average Bonchev–Trinajstić information content (AvgIpc) is 2.87. The summed E-state index contributed by atoms with van der Waals surface area (Å²) in [6, 6.07) is 0. The lowest BCUT2D eigenvalue weighted by molar-refractivity contribution is -0.143. The van der Waals surface area contributed by atoms with Crippen LogP contribution in [0.25, 0.3) is 0 Å². The van der Waals surface area contributed by atoms with E-state index in [1.807, 2.05) is 13.3 Å². The maximum Gasteiger partial charge on any atom is 0.305 e. The van der Waals surface area contributed by atoms with Crippen LogP contribution in [0.3, 0.4) is 0 Å². The quantitative estimate of drug-likeness (QED) is 0.500. The van der Waals surface area contributed by atoms with Gasteiger partial charge in [0.15, 0.2) is 0 Å². The zero-order chi connectivity index (χ0) is 14.6. The first kappa shape index (κ1) is 16.7. The van der Waals surface area contributed by atoms with Crippen LogP contribution >= 0.6 is 0 Å². The Balaban J connectivity index is 2.08. The lowest BCUT2D eigenvalue weighted by atomic mass is 10.2. The van der Waals surface area contributed by atoms with Gasteiger partial charge in [0.05, 0.1) is 18.6 Å². The molecule has 0 saturated carbocycles. The fourth-order valence-electron chi connectivity index (χ4n) is 1.99. The van der Waals surface area contributed by atoms with Gasteiger partial charge in [0.1, 0.15) is 0 Å². The second-order valence-electron chi connectivity index (χ2n) is 4.90. The minimum atomic E-state index is -0.0839. The van der Waals surface area contributed by atoms with Gasteiger partial charge in [-0.2, -0.15) is 0 Å². The van der Waals surface area contributed by atoms with Gasteiger partial charge in [-0.1, -0.05) is 13.3 Å². The van der Waals surface area contributed by atoms with Crippen molar-refractivity contribution in [2.75, 3.05) is 13.2 Å². The summed E-state index contributed by atoms with van der Waals surface area (Å²) in [7, 11) is 0. The number of aromatic nitrogens is 2. The zero-order valence-electron chi connectivity index (χ0n) is 12.7. The zero-order valence-corrected chi connectivity index (χ0v) is 12.7. The van der Waals surface area contributed by atoms with Gasteiger partial charge in [0.25, 0.3) is 0 Å². The van der Waals surface area contributed by atoms with Gasteiger partial charge in [0.2, 0.25) is 0 Å². The number of hydrogen-bond donors (Lipinski definition) is 1. The maximum absolute atomic E-state index is 11.2. The predicted molar refractivity (Wildman–Crippen MR) is 79.3 cm³/mol. The standard InChI is InChI=1S/C15H27N3O2/c1-3-9-16-11-14-12-18(13-17-14)10-7-5-6-8-15(19)20-4-2/h12-13,16H,3-11H2,1-2H3. The van der Waals surface area contributed by atoms with Crippen molar-refractivity contribution in [1.29, 1.82) is 0 Å². The Bertz CT molecular complexity index is 377. The van der Waals surface area contributed by atoms with Gasteiger partial charge >= 0.3 is 5.97 Å². The van der Waals surface area contributed by atoms with E-state index >= 15 is 0 Å². The first-order valence-electron chi connectivity index (χ1n) is 7.63. The Labute approximate surface area is 121 Å². The van der Waals surface area contributed by atoms with E-state index in [1.165, 1.54) is 0 Å². The minimum Gasteiger partial charge on any atom is -0.466 e. The molecule has 20 heavy (non-hydrogen) atoms. The molecule has 0 fully saturated rings. The molecule has 0 aromatic carbocycles. The smallest absolute Gasteiger partial charge is 0.305 e. The third-order valence-corrected chi connectivity index (χ3v) is 3.02. The van der Waals surface area contributed by atoms with Crippen LogP contribution in [0.1, 0.15) is 51.6 Å². The largest absolute Gasteiger partial charge is 0.466 e. The summed E-state index contributed by atoms with van der Waals surface area (Å²) in [6.45, 7) is 7.29. The molecule has 0 aliphatic rings. The van der Waals surface area contributed by atoms with Crippen molar-refractivity contribution in [1.82, 2.24) is 14.9 Å². The molecule has 0 aliphatic heterocycles. The first-order valence-corrected chi connectivity index (χ1v) is 7.63. The van der Waals surface area contributed by atoms with E-state index in [1.54, 1.807) is 0 Å². The van der Waals surface area contributed by atoms with E-state index in [9.17, 15) is 4.79 Å². The Morgan fingerprint density at radius 1 is 1.35 bits per heavy atom. The van der Waals surface area contributed by atoms with Gasteiger partial charge in [-0.25, -0.2) is 4.98 Å². The molecule has 0 amide bonds. The van der Waals surface area contributed by atoms with Crippen LogP contribution in [0.5, 0.6) is 0 Å². The SMILES string of the molecule is CCCNCc1cn(CCCCCC(=O)OCC)cn1. The lowest BCUT2D eigenvalue weighted by Crippen LogP contribution is -2.13. The first-order chi connectivity index (χ1) is 9.76. The number of hydrogen-bond acceptors (Lipinski definition) is 4. The number of aryl methyl sites for hydroxylation is 1. The summed E-state index contributed by atoms with van der Waals surface area (Å²) in [5.74, 6) is -0.0839. The van der Waals surface area contributed by atoms with Gasteiger partial charge < -0.3 is 14.6 Å². The number of rotatable bonds is 11. The third kappa shape index (κ3) is 7.28. The molecule has 1 aromatic rings. The molecule has 0 atom stereocenters. The second kappa shape index (κ2) is 10.4. The predicted octanol–water partition coefficient (Wildman–Crippen LogP) is 2.51. The molecule has 1 aromatic heterocycles. The number of nitrogens with zero attached hydrogens (tertiary/aromatic N) is 2. The molecular weight excluding hydrogens is 254 g/mol. The number of ether oxygens (including phenoxy) is 1. The summed E-state index contributed by atoms with van der Waals surface area (Å²) in [5, 5.41) is 3.34. The van der Waals surface area contributed by atoms with Crippen molar-refractivity contribution >= 4 is 5.97 Å². The highest BCUT2D eigenvalue weighted by molar-refractivity contribution is 5.69. The molecule has 114 valence electrons. The lowest BCUT2D eigenvalue weighted by Gasteiger charge is -2.03. The molecule has 0 bridgehead atoms. The van der Waals surface area contributed by atoms with Crippen molar-refractivity contribution in [2.24, 2.45) is 0 Å². The van der Waals surface area contributed by atoms with E-state index in [4.69, 9.17) is 4.74 Å². The third-order valence-electron chi connectivity index (χ3n) is 3.02. The molecule has 0 aliphatic carbocycles. The second-order valence-corrected chi connectivity index (χ2v) is 4.90. The van der Waals surface area contributed by atoms with Crippen LogP contribution in [0, 0.1) is 0 Å². The van der Waals surface area contributed by atoms with Gasteiger partial charge in [-0.05, 0) is 32.7 Å². The number of esters is 1. The number of imidazole rings is 1. The Kier molecular flexibility index (Phi) is 8.71. The Morgan fingerprint density at radius 3 is 2.95 bits per heavy atom. The van der Waals surface area contributed by atoms with E-state index in [0.29, 0.717) is 13.0 Å². The molecule has 0 saturated heterocycles. The molecular formula is C15H27N3O2. The summed E-state index contributed by atoms with van der Waals surface area (Å²) in [5.41, 5.74) is 1.09. The molecule has 1 N–H and O–H groups in total. The fourth-order valence-corrected chi connectivity index (χ4v) is 1.99. The molecule has 5 heteroatoms. The van der Waals surface area contributed by atoms with Crippen molar-refractivity contribution in [2.45, 2.75) is 59.0 Å². The van der Waals surface area contributed by atoms with Crippen LogP contribution in [-0.2, 0) is 22.6 Å². The van der Waals surface area contributed by atoms with Crippen LogP contribution in [0.15, 0.2) is 12.5 Å². The van der Waals surface area contributed by atoms with Crippen LogP contribution in [0.4, 0.5) is 0 Å². The number of carbonyl (C=O) groups excluding carboxylic acids is 1. The van der Waals surface area contributed by atoms with Crippen molar-refractivity contribution in [3.05, 3.63) is 18.2 Å². The molecule has 0 unspecified atom stereocenters. The highest BCUT2D eigenvalue weighted by Crippen LogP contribution is 2.04. The molecule has 5 nitrogen and oxygen atoms in total. The monoisotopic (exact) mass is 281 g/mol. The minimum absolute atomic E-state index is 0.0839. The van der Waals surface area contributed by atoms with Crippen molar-refractivity contribution in [3.8, 4) is 0 Å². The van der Waals surface area contributed by atoms with Gasteiger partial charge in [-0.15, -0.1) is 0 Å². The number of carbonyl (C=O) groups is 1. The highest BCUT2D eigenvalue weighted by Gasteiger charge is 2.01. The Hall–Kier alpha value is -1.36. The van der Waals surface area contributed by atoms with E-state index in [-0.39, 0.29) is 5.97 Å². The van der Waals surface area contributed by atoms with Crippen molar-refractivity contribution in [3.63, 3.8) is 0 Å². The normalized spacial score (nSPS) is 10.7. The van der Waals surface area contributed by atoms with Gasteiger partial charge in [-0.3, -0.25) is 4.79 Å².